The highest BCUT2D eigenvalue weighted by Crippen LogP contribution is 2.26. The van der Waals surface area contributed by atoms with Crippen LogP contribution in [0.4, 0.5) is 0 Å². The maximum atomic E-state index is 12.3. The summed E-state index contributed by atoms with van der Waals surface area (Å²) in [6, 6.07) is 1.44. The Kier molecular flexibility index (Phi) is 5.13. The number of carbonyl (C=O) groups excluding carboxylic acids is 2. The molecule has 0 saturated carbocycles. The Labute approximate surface area is 132 Å². The molecule has 1 aromatic rings. The van der Waals surface area contributed by atoms with Crippen molar-refractivity contribution in [1.29, 1.82) is 0 Å². The first-order chi connectivity index (χ1) is 9.96. The van der Waals surface area contributed by atoms with E-state index in [1.807, 2.05) is 0 Å². The summed E-state index contributed by atoms with van der Waals surface area (Å²) in [5.41, 5.74) is -0.535. The van der Waals surface area contributed by atoms with Gasteiger partial charge in [0.05, 0.1) is 30.7 Å². The molecule has 6 nitrogen and oxygen atoms in total. The second-order valence-corrected chi connectivity index (χ2v) is 5.77. The number of aromatic nitrogens is 1. The largest absolute Gasteiger partial charge is 0.469 e. The van der Waals surface area contributed by atoms with Crippen molar-refractivity contribution < 1.29 is 19.1 Å². The maximum Gasteiger partial charge on any atom is 0.307 e. The molecule has 0 radical (unpaired) electrons. The van der Waals surface area contributed by atoms with Gasteiger partial charge in [0.2, 0.25) is 0 Å². The molecule has 1 fully saturated rings. The topological polar surface area (TPSA) is 80.4 Å². The number of nitrogens with one attached hydrogen (secondary N) is 2. The Bertz CT molecular complexity index is 519. The van der Waals surface area contributed by atoms with Crippen LogP contribution in [0.1, 0.15) is 29.8 Å². The number of methoxy groups -OCH3 is 1. The van der Waals surface area contributed by atoms with E-state index >= 15 is 0 Å². The quantitative estimate of drug-likeness (QED) is 0.827. The predicted octanol–water partition coefficient (Wildman–Crippen LogP) is 2.16. The number of carbonyl (C=O) groups is 2. The van der Waals surface area contributed by atoms with Crippen molar-refractivity contribution in [3.8, 4) is 0 Å². The molecule has 2 rings (SSSR count). The van der Waals surface area contributed by atoms with Crippen molar-refractivity contribution in [2.45, 2.75) is 24.8 Å². The van der Waals surface area contributed by atoms with Gasteiger partial charge in [-0.1, -0.05) is 23.2 Å². The fraction of sp³-hybridized carbons (Fsp3) is 0.538. The number of ether oxygens (including phenoxy) is 2. The average molecular weight is 335 g/mol. The number of halogens is 2. The minimum atomic E-state index is -0.771. The minimum Gasteiger partial charge on any atom is -0.469 e. The second kappa shape index (κ2) is 6.68. The molecule has 2 N–H and O–H groups in total. The average Bonchev–Trinajstić information content (AvgIpc) is 2.79. The summed E-state index contributed by atoms with van der Waals surface area (Å²) in [7, 11) is 1.31. The molecule has 1 aromatic heterocycles. The van der Waals surface area contributed by atoms with Crippen LogP contribution in [0.3, 0.4) is 0 Å². The Balaban J connectivity index is 2.14. The van der Waals surface area contributed by atoms with Crippen LogP contribution in [-0.4, -0.2) is 42.7 Å². The van der Waals surface area contributed by atoms with Gasteiger partial charge in [-0.3, -0.25) is 9.59 Å². The van der Waals surface area contributed by atoms with Crippen LogP contribution in [0, 0.1) is 0 Å². The summed E-state index contributed by atoms with van der Waals surface area (Å²) < 4.78 is 10.1. The predicted molar refractivity (Wildman–Crippen MR) is 77.7 cm³/mol. The normalized spacial score (nSPS) is 21.9. The van der Waals surface area contributed by atoms with Gasteiger partial charge >= 0.3 is 5.97 Å². The molecule has 1 aliphatic heterocycles. The maximum absolute atomic E-state index is 12.3. The SMILES string of the molecule is COC(=O)C[C@]1(NC(=O)c2cc(Cl)c(Cl)[nH]2)CCCOC1. The minimum absolute atomic E-state index is 0.0530. The van der Waals surface area contributed by atoms with Crippen LogP contribution in [0.25, 0.3) is 0 Å². The Morgan fingerprint density at radius 3 is 2.81 bits per heavy atom. The third-order valence-electron chi connectivity index (χ3n) is 3.38. The van der Waals surface area contributed by atoms with E-state index in [2.05, 4.69) is 10.3 Å². The molecule has 1 amide bonds. The standard InChI is InChI=1S/C13H16Cl2N2O4/c1-20-10(18)6-13(3-2-4-21-7-13)17-12(19)9-5-8(14)11(15)16-9/h5,16H,2-4,6-7H2,1H3,(H,17,19)/t13-/m1/s1. The fourth-order valence-electron chi connectivity index (χ4n) is 2.32. The van der Waals surface area contributed by atoms with Crippen LogP contribution in [0.2, 0.25) is 10.2 Å². The number of amides is 1. The lowest BCUT2D eigenvalue weighted by Crippen LogP contribution is -2.55. The highest BCUT2D eigenvalue weighted by atomic mass is 35.5. The zero-order valence-electron chi connectivity index (χ0n) is 11.5. The molecular formula is C13H16Cl2N2O4. The van der Waals surface area contributed by atoms with Crippen molar-refractivity contribution >= 4 is 35.1 Å². The first-order valence-corrected chi connectivity index (χ1v) is 7.22. The lowest BCUT2D eigenvalue weighted by Gasteiger charge is -2.36. The number of H-pyrrole nitrogens is 1. The molecule has 0 aromatic carbocycles. The Morgan fingerprint density at radius 1 is 1.52 bits per heavy atom. The zero-order valence-corrected chi connectivity index (χ0v) is 13.0. The number of hydrogen-bond donors (Lipinski definition) is 2. The van der Waals surface area contributed by atoms with Crippen LogP contribution in [0.15, 0.2) is 6.07 Å². The first kappa shape index (κ1) is 16.1. The van der Waals surface area contributed by atoms with Gasteiger partial charge < -0.3 is 19.8 Å². The van der Waals surface area contributed by atoms with Crippen molar-refractivity contribution in [3.05, 3.63) is 21.9 Å². The van der Waals surface area contributed by atoms with Gasteiger partial charge in [0, 0.05) is 6.61 Å². The molecule has 0 bridgehead atoms. The van der Waals surface area contributed by atoms with Crippen molar-refractivity contribution in [1.82, 2.24) is 10.3 Å². The van der Waals surface area contributed by atoms with E-state index in [1.54, 1.807) is 0 Å². The van der Waals surface area contributed by atoms with Crippen molar-refractivity contribution in [2.24, 2.45) is 0 Å². The van der Waals surface area contributed by atoms with E-state index in [-0.39, 0.29) is 28.9 Å². The van der Waals surface area contributed by atoms with Gasteiger partial charge in [-0.15, -0.1) is 0 Å². The molecule has 116 valence electrons. The van der Waals surface area contributed by atoms with Gasteiger partial charge in [-0.05, 0) is 18.9 Å². The highest BCUT2D eigenvalue weighted by Gasteiger charge is 2.37. The molecule has 21 heavy (non-hydrogen) atoms. The molecule has 2 heterocycles. The third kappa shape index (κ3) is 3.90. The lowest BCUT2D eigenvalue weighted by atomic mass is 9.88. The van der Waals surface area contributed by atoms with E-state index in [9.17, 15) is 9.59 Å². The molecule has 8 heteroatoms. The number of aromatic amines is 1. The number of esters is 1. The monoisotopic (exact) mass is 334 g/mol. The fourth-order valence-corrected chi connectivity index (χ4v) is 2.63. The summed E-state index contributed by atoms with van der Waals surface area (Å²) in [4.78, 5) is 26.6. The first-order valence-electron chi connectivity index (χ1n) is 6.47. The van der Waals surface area contributed by atoms with E-state index in [4.69, 9.17) is 32.7 Å². The van der Waals surface area contributed by atoms with Crippen LogP contribution < -0.4 is 5.32 Å². The lowest BCUT2D eigenvalue weighted by molar-refractivity contribution is -0.143. The zero-order chi connectivity index (χ0) is 15.5. The van der Waals surface area contributed by atoms with Crippen molar-refractivity contribution in [2.75, 3.05) is 20.3 Å². The van der Waals surface area contributed by atoms with Crippen molar-refractivity contribution in [3.63, 3.8) is 0 Å². The Hall–Kier alpha value is -1.24. The molecule has 0 spiro atoms. The number of rotatable bonds is 4. The molecule has 1 aliphatic rings. The summed E-state index contributed by atoms with van der Waals surface area (Å²) in [6.07, 6.45) is 1.44. The van der Waals surface area contributed by atoms with Gasteiger partial charge in [0.25, 0.3) is 5.91 Å². The number of hydrogen-bond acceptors (Lipinski definition) is 4. The van der Waals surface area contributed by atoms with E-state index < -0.39 is 17.4 Å². The third-order valence-corrected chi connectivity index (χ3v) is 4.07. The highest BCUT2D eigenvalue weighted by molar-refractivity contribution is 6.41. The molecule has 1 saturated heterocycles. The second-order valence-electron chi connectivity index (χ2n) is 4.99. The summed E-state index contributed by atoms with van der Waals surface area (Å²) in [5, 5.41) is 3.31. The van der Waals surface area contributed by atoms with Crippen LogP contribution >= 0.6 is 23.2 Å². The molecule has 0 aliphatic carbocycles. The van der Waals surface area contributed by atoms with E-state index in [0.717, 1.165) is 6.42 Å². The van der Waals surface area contributed by atoms with Gasteiger partial charge in [-0.25, -0.2) is 0 Å². The Morgan fingerprint density at radius 2 is 2.29 bits per heavy atom. The molecular weight excluding hydrogens is 319 g/mol. The van der Waals surface area contributed by atoms with Gasteiger partial charge in [0.15, 0.2) is 0 Å². The molecule has 1 atom stereocenters. The smallest absolute Gasteiger partial charge is 0.307 e. The van der Waals surface area contributed by atoms with Crippen LogP contribution in [0.5, 0.6) is 0 Å². The molecule has 0 unspecified atom stereocenters. The van der Waals surface area contributed by atoms with E-state index in [1.165, 1.54) is 13.2 Å². The summed E-state index contributed by atoms with van der Waals surface area (Å²) in [5.74, 6) is -0.790. The van der Waals surface area contributed by atoms with Gasteiger partial charge in [-0.2, -0.15) is 0 Å². The van der Waals surface area contributed by atoms with Gasteiger partial charge in [0.1, 0.15) is 10.8 Å². The van der Waals surface area contributed by atoms with E-state index in [0.29, 0.717) is 13.0 Å². The van der Waals surface area contributed by atoms with Crippen LogP contribution in [-0.2, 0) is 14.3 Å². The summed E-state index contributed by atoms with van der Waals surface area (Å²) >= 11 is 11.6. The summed E-state index contributed by atoms with van der Waals surface area (Å²) in [6.45, 7) is 0.870.